The fraction of sp³-hybridized carbons (Fsp3) is 0.238. The van der Waals surface area contributed by atoms with Crippen molar-refractivity contribution in [1.29, 1.82) is 0 Å². The molecule has 27 heavy (non-hydrogen) atoms. The number of aryl methyl sites for hydroxylation is 3. The largest absolute Gasteiger partial charge is 0.227 e. The Labute approximate surface area is 162 Å². The second kappa shape index (κ2) is 7.48. The first kappa shape index (κ1) is 17.7. The quantitative estimate of drug-likeness (QED) is 0.380. The predicted molar refractivity (Wildman–Crippen MR) is 109 cm³/mol. The first-order valence-corrected chi connectivity index (χ1v) is 9.87. The summed E-state index contributed by atoms with van der Waals surface area (Å²) in [6.45, 7) is 6.99. The fourth-order valence-electron chi connectivity index (χ4n) is 2.95. The van der Waals surface area contributed by atoms with Gasteiger partial charge >= 0.3 is 0 Å². The summed E-state index contributed by atoms with van der Waals surface area (Å²) in [6.07, 6.45) is 1.60. The zero-order valence-electron chi connectivity index (χ0n) is 15.7. The number of hydrogen-bond acceptors (Lipinski definition) is 5. The molecule has 0 radical (unpaired) electrons. The molecule has 0 aliphatic carbocycles. The average Bonchev–Trinajstić information content (AvgIpc) is 3.08. The zero-order chi connectivity index (χ0) is 18.8. The van der Waals surface area contributed by atoms with Gasteiger partial charge < -0.3 is 0 Å². The van der Waals surface area contributed by atoms with E-state index in [4.69, 9.17) is 0 Å². The molecule has 0 amide bonds. The SMILES string of the molecule is Cc1ccc(Cn2nnc3c(SCc4cc(C)ccc4C)ncnc32)cc1. The minimum Gasteiger partial charge on any atom is -0.227 e. The molecule has 0 aliphatic rings. The van der Waals surface area contributed by atoms with Crippen LogP contribution in [0.15, 0.2) is 53.8 Å². The van der Waals surface area contributed by atoms with Crippen molar-refractivity contribution in [1.82, 2.24) is 25.0 Å². The maximum absolute atomic E-state index is 4.44. The van der Waals surface area contributed by atoms with Gasteiger partial charge in [-0.25, -0.2) is 14.6 Å². The van der Waals surface area contributed by atoms with Gasteiger partial charge in [-0.1, -0.05) is 70.6 Å². The van der Waals surface area contributed by atoms with E-state index in [9.17, 15) is 0 Å². The highest BCUT2D eigenvalue weighted by atomic mass is 32.2. The highest BCUT2D eigenvalue weighted by Crippen LogP contribution is 2.27. The lowest BCUT2D eigenvalue weighted by atomic mass is 10.1. The summed E-state index contributed by atoms with van der Waals surface area (Å²) in [4.78, 5) is 8.86. The predicted octanol–water partition coefficient (Wildman–Crippen LogP) is 4.49. The Balaban J connectivity index is 1.58. The zero-order valence-corrected chi connectivity index (χ0v) is 16.5. The van der Waals surface area contributed by atoms with Gasteiger partial charge in [0.25, 0.3) is 0 Å². The van der Waals surface area contributed by atoms with Crippen molar-refractivity contribution >= 4 is 22.9 Å². The minimum absolute atomic E-state index is 0.648. The molecule has 4 rings (SSSR count). The van der Waals surface area contributed by atoms with Crippen LogP contribution in [-0.4, -0.2) is 25.0 Å². The normalized spacial score (nSPS) is 11.2. The number of hydrogen-bond donors (Lipinski definition) is 0. The average molecular weight is 376 g/mol. The highest BCUT2D eigenvalue weighted by molar-refractivity contribution is 7.98. The maximum Gasteiger partial charge on any atom is 0.183 e. The molecule has 0 atom stereocenters. The topological polar surface area (TPSA) is 56.5 Å². The molecule has 0 saturated heterocycles. The molecule has 0 aliphatic heterocycles. The molecule has 2 heterocycles. The summed E-state index contributed by atoms with van der Waals surface area (Å²) in [5.74, 6) is 0.852. The second-order valence-corrected chi connectivity index (χ2v) is 7.77. The molecule has 5 nitrogen and oxygen atoms in total. The second-order valence-electron chi connectivity index (χ2n) is 6.80. The van der Waals surface area contributed by atoms with E-state index in [1.807, 2.05) is 4.68 Å². The molecule has 0 N–H and O–H groups in total. The Morgan fingerprint density at radius 2 is 1.70 bits per heavy atom. The third-order valence-corrected chi connectivity index (χ3v) is 5.62. The first-order valence-electron chi connectivity index (χ1n) is 8.89. The summed E-state index contributed by atoms with van der Waals surface area (Å²) in [6, 6.07) is 15.0. The molecule has 0 fully saturated rings. The molecule has 0 spiro atoms. The van der Waals surface area contributed by atoms with E-state index in [-0.39, 0.29) is 0 Å². The van der Waals surface area contributed by atoms with Gasteiger partial charge in [0.1, 0.15) is 11.4 Å². The summed E-state index contributed by atoms with van der Waals surface area (Å²) in [5, 5.41) is 9.53. The van der Waals surface area contributed by atoms with Crippen molar-refractivity contribution in [2.24, 2.45) is 0 Å². The van der Waals surface area contributed by atoms with Crippen LogP contribution in [0.5, 0.6) is 0 Å². The van der Waals surface area contributed by atoms with E-state index in [0.29, 0.717) is 6.54 Å². The number of nitrogens with zero attached hydrogens (tertiary/aromatic N) is 5. The highest BCUT2D eigenvalue weighted by Gasteiger charge is 2.13. The molecular formula is C21H21N5S. The Morgan fingerprint density at radius 1 is 0.926 bits per heavy atom. The van der Waals surface area contributed by atoms with Gasteiger partial charge in [-0.3, -0.25) is 0 Å². The Kier molecular flexibility index (Phi) is 4.90. The van der Waals surface area contributed by atoms with Crippen LogP contribution in [0.4, 0.5) is 0 Å². The van der Waals surface area contributed by atoms with Gasteiger partial charge in [0.2, 0.25) is 0 Å². The van der Waals surface area contributed by atoms with Crippen molar-refractivity contribution in [2.75, 3.05) is 0 Å². The van der Waals surface area contributed by atoms with Crippen molar-refractivity contribution in [2.45, 2.75) is 38.1 Å². The van der Waals surface area contributed by atoms with Crippen LogP contribution in [0.25, 0.3) is 11.2 Å². The van der Waals surface area contributed by atoms with Gasteiger partial charge in [0.05, 0.1) is 6.54 Å². The van der Waals surface area contributed by atoms with Crippen molar-refractivity contribution in [3.63, 3.8) is 0 Å². The smallest absolute Gasteiger partial charge is 0.183 e. The van der Waals surface area contributed by atoms with Crippen molar-refractivity contribution < 1.29 is 0 Å². The monoisotopic (exact) mass is 375 g/mol. The lowest BCUT2D eigenvalue weighted by molar-refractivity contribution is 0.664. The van der Waals surface area contributed by atoms with E-state index < -0.39 is 0 Å². The number of benzene rings is 2. The standard InChI is InChI=1S/C21H21N5S/c1-14-5-8-17(9-6-14)11-26-20-19(24-25-26)21(23-13-22-20)27-12-18-10-15(2)4-7-16(18)3/h4-10,13H,11-12H2,1-3H3. The van der Waals surface area contributed by atoms with Gasteiger partial charge in [-0.05, 0) is 37.5 Å². The first-order chi connectivity index (χ1) is 13.1. The van der Waals surface area contributed by atoms with Crippen molar-refractivity contribution in [3.05, 3.63) is 76.6 Å². The Morgan fingerprint density at radius 3 is 2.52 bits per heavy atom. The molecule has 0 unspecified atom stereocenters. The molecule has 0 saturated carbocycles. The molecule has 6 heteroatoms. The van der Waals surface area contributed by atoms with Crippen LogP contribution in [0.2, 0.25) is 0 Å². The minimum atomic E-state index is 0.648. The van der Waals surface area contributed by atoms with Crippen LogP contribution in [0.1, 0.15) is 27.8 Å². The Hall–Kier alpha value is -2.73. The molecule has 4 aromatic rings. The van der Waals surface area contributed by atoms with Crippen LogP contribution < -0.4 is 0 Å². The van der Waals surface area contributed by atoms with E-state index in [2.05, 4.69) is 83.5 Å². The fourth-order valence-corrected chi connectivity index (χ4v) is 3.95. The molecule has 2 aromatic carbocycles. The lowest BCUT2D eigenvalue weighted by Gasteiger charge is -2.07. The summed E-state index contributed by atoms with van der Waals surface area (Å²) in [5.41, 5.74) is 7.84. The van der Waals surface area contributed by atoms with Crippen LogP contribution >= 0.6 is 11.8 Å². The van der Waals surface area contributed by atoms with E-state index in [1.54, 1.807) is 18.1 Å². The summed E-state index contributed by atoms with van der Waals surface area (Å²) in [7, 11) is 0. The van der Waals surface area contributed by atoms with Gasteiger partial charge in [0.15, 0.2) is 11.2 Å². The van der Waals surface area contributed by atoms with Crippen LogP contribution in [0, 0.1) is 20.8 Å². The van der Waals surface area contributed by atoms with E-state index in [1.165, 1.54) is 27.8 Å². The summed E-state index contributed by atoms with van der Waals surface area (Å²) >= 11 is 1.68. The Bertz CT molecular complexity index is 1090. The number of thioether (sulfide) groups is 1. The van der Waals surface area contributed by atoms with Crippen LogP contribution in [0.3, 0.4) is 0 Å². The number of aromatic nitrogens is 5. The molecular weight excluding hydrogens is 354 g/mol. The third-order valence-electron chi connectivity index (χ3n) is 4.59. The maximum atomic E-state index is 4.44. The van der Waals surface area contributed by atoms with Gasteiger partial charge in [-0.2, -0.15) is 0 Å². The third kappa shape index (κ3) is 3.85. The lowest BCUT2D eigenvalue weighted by Crippen LogP contribution is -2.03. The molecule has 0 bridgehead atoms. The van der Waals surface area contributed by atoms with Crippen molar-refractivity contribution in [3.8, 4) is 0 Å². The molecule has 136 valence electrons. The van der Waals surface area contributed by atoms with Gasteiger partial charge in [-0.15, -0.1) is 5.10 Å². The van der Waals surface area contributed by atoms with Gasteiger partial charge in [0, 0.05) is 5.75 Å². The molecule has 2 aromatic heterocycles. The van der Waals surface area contributed by atoms with E-state index >= 15 is 0 Å². The number of fused-ring (bicyclic) bond motifs is 1. The van der Waals surface area contributed by atoms with E-state index in [0.717, 1.165) is 21.9 Å². The number of rotatable bonds is 5. The summed E-state index contributed by atoms with van der Waals surface area (Å²) < 4.78 is 1.84. The van der Waals surface area contributed by atoms with Crippen LogP contribution in [-0.2, 0) is 12.3 Å².